The van der Waals surface area contributed by atoms with Gasteiger partial charge in [-0.25, -0.2) is 0 Å². The SMILES string of the molecule is Cc1nnc(N2CCN(C(=O)/C=C/c3ccc(Cl)c(Cl)c3)CC2)s1. The Morgan fingerprint density at radius 3 is 2.54 bits per heavy atom. The zero-order valence-electron chi connectivity index (χ0n) is 13.1. The van der Waals surface area contributed by atoms with Crippen LogP contribution in [0.3, 0.4) is 0 Å². The number of hydrogen-bond acceptors (Lipinski definition) is 5. The van der Waals surface area contributed by atoms with Crippen LogP contribution in [0.4, 0.5) is 5.13 Å². The van der Waals surface area contributed by atoms with Crippen LogP contribution in [-0.2, 0) is 4.79 Å². The number of halogens is 2. The Morgan fingerprint density at radius 2 is 1.92 bits per heavy atom. The molecular weight excluding hydrogens is 367 g/mol. The molecule has 0 unspecified atom stereocenters. The van der Waals surface area contributed by atoms with Crippen molar-refractivity contribution < 1.29 is 4.79 Å². The maximum atomic E-state index is 12.3. The fourth-order valence-electron chi connectivity index (χ4n) is 2.42. The molecule has 2 heterocycles. The number of aromatic nitrogens is 2. The average molecular weight is 383 g/mol. The summed E-state index contributed by atoms with van der Waals surface area (Å²) in [6, 6.07) is 5.29. The van der Waals surface area contributed by atoms with E-state index >= 15 is 0 Å². The van der Waals surface area contributed by atoms with Crippen molar-refractivity contribution in [3.8, 4) is 0 Å². The van der Waals surface area contributed by atoms with Crippen molar-refractivity contribution in [1.82, 2.24) is 15.1 Å². The number of carbonyl (C=O) groups excluding carboxylic acids is 1. The van der Waals surface area contributed by atoms with Gasteiger partial charge in [0.25, 0.3) is 0 Å². The first-order chi connectivity index (χ1) is 11.5. The van der Waals surface area contributed by atoms with Gasteiger partial charge in [0.1, 0.15) is 5.01 Å². The molecule has 1 aromatic heterocycles. The molecule has 3 rings (SSSR count). The van der Waals surface area contributed by atoms with Crippen molar-refractivity contribution in [3.63, 3.8) is 0 Å². The normalized spacial score (nSPS) is 15.3. The molecule has 1 saturated heterocycles. The van der Waals surface area contributed by atoms with Gasteiger partial charge in [0.15, 0.2) is 0 Å². The van der Waals surface area contributed by atoms with Crippen molar-refractivity contribution in [2.75, 3.05) is 31.1 Å². The van der Waals surface area contributed by atoms with Gasteiger partial charge in [-0.1, -0.05) is 40.6 Å². The summed E-state index contributed by atoms with van der Waals surface area (Å²) >= 11 is 13.4. The fraction of sp³-hybridized carbons (Fsp3) is 0.312. The van der Waals surface area contributed by atoms with Crippen LogP contribution in [0, 0.1) is 6.92 Å². The molecular formula is C16H16Cl2N4OS. The molecule has 0 atom stereocenters. The predicted octanol–water partition coefficient (Wildman–Crippen LogP) is 3.52. The number of nitrogens with zero attached hydrogens (tertiary/aromatic N) is 4. The van der Waals surface area contributed by atoms with Crippen LogP contribution in [0.5, 0.6) is 0 Å². The first kappa shape index (κ1) is 17.2. The number of carbonyl (C=O) groups is 1. The summed E-state index contributed by atoms with van der Waals surface area (Å²) in [7, 11) is 0. The molecule has 8 heteroatoms. The van der Waals surface area contributed by atoms with Gasteiger partial charge in [0, 0.05) is 32.3 Å². The Labute approximate surface area is 154 Å². The minimum atomic E-state index is -0.00540. The first-order valence-corrected chi connectivity index (χ1v) is 9.07. The van der Waals surface area contributed by atoms with E-state index in [-0.39, 0.29) is 5.91 Å². The van der Waals surface area contributed by atoms with Gasteiger partial charge >= 0.3 is 0 Å². The third-order valence-electron chi connectivity index (χ3n) is 3.74. The summed E-state index contributed by atoms with van der Waals surface area (Å²) in [6.45, 7) is 4.81. The zero-order chi connectivity index (χ0) is 17.1. The van der Waals surface area contributed by atoms with Gasteiger partial charge in [0.2, 0.25) is 11.0 Å². The molecule has 1 fully saturated rings. The second-order valence-corrected chi connectivity index (χ2v) is 7.40. The summed E-state index contributed by atoms with van der Waals surface area (Å²) in [5.74, 6) is -0.00540. The summed E-state index contributed by atoms with van der Waals surface area (Å²) in [6.07, 6.45) is 3.33. The molecule has 1 amide bonds. The van der Waals surface area contributed by atoms with E-state index in [1.54, 1.807) is 35.6 Å². The van der Waals surface area contributed by atoms with E-state index in [0.717, 1.165) is 28.8 Å². The highest BCUT2D eigenvalue weighted by molar-refractivity contribution is 7.15. The molecule has 0 bridgehead atoms. The Kier molecular flexibility index (Phi) is 5.38. The summed E-state index contributed by atoms with van der Waals surface area (Å²) in [4.78, 5) is 16.3. The average Bonchev–Trinajstić information content (AvgIpc) is 3.02. The van der Waals surface area contributed by atoms with Crippen LogP contribution in [0.2, 0.25) is 10.0 Å². The van der Waals surface area contributed by atoms with E-state index in [1.165, 1.54) is 0 Å². The van der Waals surface area contributed by atoms with E-state index in [4.69, 9.17) is 23.2 Å². The number of benzene rings is 1. The van der Waals surface area contributed by atoms with Crippen LogP contribution in [0.1, 0.15) is 10.6 Å². The second-order valence-electron chi connectivity index (χ2n) is 5.42. The molecule has 1 aliphatic heterocycles. The van der Waals surface area contributed by atoms with Gasteiger partial charge < -0.3 is 9.80 Å². The lowest BCUT2D eigenvalue weighted by molar-refractivity contribution is -0.126. The largest absolute Gasteiger partial charge is 0.343 e. The topological polar surface area (TPSA) is 49.3 Å². The standard InChI is InChI=1S/C16H16Cl2N4OS/c1-11-19-20-16(24-11)22-8-6-21(7-9-22)15(23)5-3-12-2-4-13(17)14(18)10-12/h2-5,10H,6-9H2,1H3/b5-3+. The minimum Gasteiger partial charge on any atom is -0.343 e. The molecule has 1 aliphatic rings. The summed E-state index contributed by atoms with van der Waals surface area (Å²) in [5.41, 5.74) is 0.848. The molecule has 5 nitrogen and oxygen atoms in total. The molecule has 0 radical (unpaired) electrons. The van der Waals surface area contributed by atoms with E-state index in [1.807, 2.05) is 17.9 Å². The lowest BCUT2D eigenvalue weighted by Crippen LogP contribution is -2.48. The highest BCUT2D eigenvalue weighted by Crippen LogP contribution is 2.23. The number of hydrogen-bond donors (Lipinski definition) is 0. The van der Waals surface area contributed by atoms with Gasteiger partial charge in [-0.05, 0) is 30.7 Å². The van der Waals surface area contributed by atoms with Crippen LogP contribution >= 0.6 is 34.5 Å². The number of amides is 1. The van der Waals surface area contributed by atoms with E-state index in [2.05, 4.69) is 15.1 Å². The lowest BCUT2D eigenvalue weighted by Gasteiger charge is -2.33. The Bertz CT molecular complexity index is 769. The molecule has 126 valence electrons. The van der Waals surface area contributed by atoms with Crippen molar-refractivity contribution in [2.24, 2.45) is 0 Å². The number of anilines is 1. The molecule has 0 saturated carbocycles. The number of rotatable bonds is 3. The molecule has 0 spiro atoms. The van der Waals surface area contributed by atoms with Crippen molar-refractivity contribution in [2.45, 2.75) is 6.92 Å². The van der Waals surface area contributed by atoms with E-state index in [0.29, 0.717) is 23.1 Å². The van der Waals surface area contributed by atoms with E-state index < -0.39 is 0 Å². The number of piperazine rings is 1. The predicted molar refractivity (Wildman–Crippen MR) is 98.9 cm³/mol. The third kappa shape index (κ3) is 4.06. The summed E-state index contributed by atoms with van der Waals surface area (Å²) < 4.78 is 0. The van der Waals surface area contributed by atoms with Crippen LogP contribution in [-0.4, -0.2) is 47.2 Å². The maximum Gasteiger partial charge on any atom is 0.246 e. The Balaban J connectivity index is 1.56. The fourth-order valence-corrected chi connectivity index (χ4v) is 3.47. The molecule has 0 N–H and O–H groups in total. The van der Waals surface area contributed by atoms with Crippen LogP contribution in [0.25, 0.3) is 6.08 Å². The van der Waals surface area contributed by atoms with Crippen LogP contribution < -0.4 is 4.90 Å². The van der Waals surface area contributed by atoms with E-state index in [9.17, 15) is 4.79 Å². The molecule has 1 aromatic carbocycles. The molecule has 24 heavy (non-hydrogen) atoms. The minimum absolute atomic E-state index is 0.00540. The Morgan fingerprint density at radius 1 is 1.17 bits per heavy atom. The van der Waals surface area contributed by atoms with Crippen molar-refractivity contribution in [1.29, 1.82) is 0 Å². The zero-order valence-corrected chi connectivity index (χ0v) is 15.4. The third-order valence-corrected chi connectivity index (χ3v) is 5.38. The van der Waals surface area contributed by atoms with Gasteiger partial charge in [-0.2, -0.15) is 0 Å². The first-order valence-electron chi connectivity index (χ1n) is 7.50. The van der Waals surface area contributed by atoms with Gasteiger partial charge in [-0.3, -0.25) is 4.79 Å². The highest BCUT2D eigenvalue weighted by atomic mass is 35.5. The summed E-state index contributed by atoms with van der Waals surface area (Å²) in [5, 5.41) is 11.0. The van der Waals surface area contributed by atoms with Crippen molar-refractivity contribution in [3.05, 3.63) is 44.9 Å². The van der Waals surface area contributed by atoms with Crippen molar-refractivity contribution >= 4 is 51.7 Å². The molecule has 2 aromatic rings. The monoisotopic (exact) mass is 382 g/mol. The maximum absolute atomic E-state index is 12.3. The van der Waals surface area contributed by atoms with Gasteiger partial charge in [-0.15, -0.1) is 10.2 Å². The van der Waals surface area contributed by atoms with Crippen LogP contribution in [0.15, 0.2) is 24.3 Å². The van der Waals surface area contributed by atoms with Gasteiger partial charge in [0.05, 0.1) is 10.0 Å². The smallest absolute Gasteiger partial charge is 0.246 e. The second kappa shape index (κ2) is 7.51. The molecule has 0 aliphatic carbocycles. The quantitative estimate of drug-likeness (QED) is 0.762. The Hall–Kier alpha value is -1.63. The number of aryl methyl sites for hydroxylation is 1. The highest BCUT2D eigenvalue weighted by Gasteiger charge is 2.21. The lowest BCUT2D eigenvalue weighted by atomic mass is 10.2.